The van der Waals surface area contributed by atoms with Gasteiger partial charge in [-0.3, -0.25) is 0 Å². The van der Waals surface area contributed by atoms with Crippen LogP contribution < -0.4 is 0 Å². The van der Waals surface area contributed by atoms with Gasteiger partial charge in [0.25, 0.3) is 0 Å². The first-order chi connectivity index (χ1) is 7.44. The van der Waals surface area contributed by atoms with E-state index in [0.29, 0.717) is 13.0 Å². The molecule has 0 amide bonds. The lowest BCUT2D eigenvalue weighted by Gasteiger charge is -2.17. The predicted octanol–water partition coefficient (Wildman–Crippen LogP) is 1.08. The van der Waals surface area contributed by atoms with Crippen molar-refractivity contribution in [1.82, 2.24) is 4.31 Å². The lowest BCUT2D eigenvalue weighted by molar-refractivity contribution is 0.177. The number of hydrogen-bond donors (Lipinski definition) is 1. The zero-order valence-electron chi connectivity index (χ0n) is 9.50. The Kier molecular flexibility index (Phi) is 4.46. The molecular weight excluding hydrogens is 226 g/mol. The van der Waals surface area contributed by atoms with Crippen molar-refractivity contribution in [2.45, 2.75) is 24.3 Å². The molecular formula is C11H17NO3S. The number of aliphatic hydroxyl groups is 1. The molecule has 0 heterocycles. The van der Waals surface area contributed by atoms with Crippen LogP contribution in [0.4, 0.5) is 0 Å². The van der Waals surface area contributed by atoms with E-state index in [0.717, 1.165) is 0 Å². The molecule has 4 nitrogen and oxygen atoms in total. The molecule has 1 N–H and O–H groups in total. The van der Waals surface area contributed by atoms with Crippen molar-refractivity contribution in [3.8, 4) is 0 Å². The van der Waals surface area contributed by atoms with Crippen molar-refractivity contribution < 1.29 is 13.5 Å². The molecule has 1 unspecified atom stereocenters. The molecule has 1 aromatic rings. The Labute approximate surface area is 96.6 Å². The van der Waals surface area contributed by atoms with Gasteiger partial charge in [0.05, 0.1) is 11.0 Å². The van der Waals surface area contributed by atoms with Crippen LogP contribution in [0.5, 0.6) is 0 Å². The third-order valence-electron chi connectivity index (χ3n) is 2.31. The summed E-state index contributed by atoms with van der Waals surface area (Å²) in [4.78, 5) is 0.281. The van der Waals surface area contributed by atoms with Crippen molar-refractivity contribution in [3.63, 3.8) is 0 Å². The summed E-state index contributed by atoms with van der Waals surface area (Å²) >= 11 is 0. The van der Waals surface area contributed by atoms with Gasteiger partial charge in [-0.05, 0) is 25.5 Å². The van der Waals surface area contributed by atoms with Gasteiger partial charge in [-0.1, -0.05) is 18.2 Å². The van der Waals surface area contributed by atoms with Gasteiger partial charge in [-0.2, -0.15) is 0 Å². The number of rotatable bonds is 5. The maximum absolute atomic E-state index is 12.0. The zero-order valence-corrected chi connectivity index (χ0v) is 10.3. The molecule has 5 heteroatoms. The molecule has 1 atom stereocenters. The molecule has 90 valence electrons. The fraction of sp³-hybridized carbons (Fsp3) is 0.455. The quantitative estimate of drug-likeness (QED) is 0.842. The van der Waals surface area contributed by atoms with Gasteiger partial charge in [-0.25, -0.2) is 12.7 Å². The van der Waals surface area contributed by atoms with Crippen LogP contribution in [0.25, 0.3) is 0 Å². The van der Waals surface area contributed by atoms with Gasteiger partial charge in [0.1, 0.15) is 0 Å². The summed E-state index contributed by atoms with van der Waals surface area (Å²) < 4.78 is 25.2. The summed E-state index contributed by atoms with van der Waals surface area (Å²) in [5.41, 5.74) is 0. The van der Waals surface area contributed by atoms with Crippen LogP contribution in [-0.4, -0.2) is 37.5 Å². The van der Waals surface area contributed by atoms with Crippen LogP contribution in [0, 0.1) is 0 Å². The zero-order chi connectivity index (χ0) is 12.2. The van der Waals surface area contributed by atoms with Gasteiger partial charge in [-0.15, -0.1) is 0 Å². The Balaban J connectivity index is 2.79. The van der Waals surface area contributed by atoms with Gasteiger partial charge >= 0.3 is 0 Å². The molecule has 0 aliphatic carbocycles. The minimum absolute atomic E-state index is 0.281. The Hall–Kier alpha value is -0.910. The first-order valence-electron chi connectivity index (χ1n) is 5.14. The summed E-state index contributed by atoms with van der Waals surface area (Å²) in [6.45, 7) is 1.96. The Morgan fingerprint density at radius 1 is 1.31 bits per heavy atom. The van der Waals surface area contributed by atoms with E-state index in [1.165, 1.54) is 11.4 Å². The molecule has 0 aliphatic rings. The largest absolute Gasteiger partial charge is 0.393 e. The Morgan fingerprint density at radius 2 is 1.88 bits per heavy atom. The van der Waals surface area contributed by atoms with Crippen molar-refractivity contribution in [1.29, 1.82) is 0 Å². The lowest BCUT2D eigenvalue weighted by atomic mass is 10.3. The smallest absolute Gasteiger partial charge is 0.242 e. The first kappa shape index (κ1) is 13.2. The van der Waals surface area contributed by atoms with Crippen molar-refractivity contribution >= 4 is 10.0 Å². The van der Waals surface area contributed by atoms with Gasteiger partial charge < -0.3 is 5.11 Å². The molecule has 16 heavy (non-hydrogen) atoms. The van der Waals surface area contributed by atoms with E-state index < -0.39 is 16.1 Å². The van der Waals surface area contributed by atoms with E-state index in [9.17, 15) is 8.42 Å². The summed E-state index contributed by atoms with van der Waals surface area (Å²) in [5.74, 6) is 0. The summed E-state index contributed by atoms with van der Waals surface area (Å²) in [5, 5.41) is 9.12. The average Bonchev–Trinajstić information content (AvgIpc) is 2.27. The topological polar surface area (TPSA) is 57.6 Å². The molecule has 0 radical (unpaired) electrons. The molecule has 0 spiro atoms. The Bertz CT molecular complexity index is 414. The third-order valence-corrected chi connectivity index (χ3v) is 4.18. The second kappa shape index (κ2) is 5.43. The van der Waals surface area contributed by atoms with Crippen LogP contribution in [0.15, 0.2) is 35.2 Å². The third kappa shape index (κ3) is 3.30. The summed E-state index contributed by atoms with van der Waals surface area (Å²) in [7, 11) is -1.89. The van der Waals surface area contributed by atoms with E-state index >= 15 is 0 Å². The highest BCUT2D eigenvalue weighted by atomic mass is 32.2. The fourth-order valence-corrected chi connectivity index (χ4v) is 2.47. The predicted molar refractivity (Wildman–Crippen MR) is 62.6 cm³/mol. The first-order valence-corrected chi connectivity index (χ1v) is 6.58. The number of benzene rings is 1. The molecule has 0 aromatic heterocycles. The minimum atomic E-state index is -3.41. The van der Waals surface area contributed by atoms with E-state index in [1.54, 1.807) is 37.3 Å². The lowest BCUT2D eigenvalue weighted by Crippen LogP contribution is -2.29. The van der Waals surface area contributed by atoms with E-state index in [1.807, 2.05) is 0 Å². The van der Waals surface area contributed by atoms with Crippen molar-refractivity contribution in [3.05, 3.63) is 30.3 Å². The van der Waals surface area contributed by atoms with Crippen LogP contribution >= 0.6 is 0 Å². The Morgan fingerprint density at radius 3 is 2.38 bits per heavy atom. The SMILES string of the molecule is CC(O)CCN(C)S(=O)(=O)c1ccccc1. The second-order valence-corrected chi connectivity index (χ2v) is 5.82. The highest BCUT2D eigenvalue weighted by molar-refractivity contribution is 7.89. The highest BCUT2D eigenvalue weighted by Crippen LogP contribution is 2.13. The average molecular weight is 243 g/mol. The van der Waals surface area contributed by atoms with Crippen molar-refractivity contribution in [2.75, 3.05) is 13.6 Å². The van der Waals surface area contributed by atoms with Crippen LogP contribution in [-0.2, 0) is 10.0 Å². The number of hydrogen-bond acceptors (Lipinski definition) is 3. The maximum atomic E-state index is 12.0. The highest BCUT2D eigenvalue weighted by Gasteiger charge is 2.19. The van der Waals surface area contributed by atoms with Crippen LogP contribution in [0.2, 0.25) is 0 Å². The standard InChI is InChI=1S/C11H17NO3S/c1-10(13)8-9-12(2)16(14,15)11-6-4-3-5-7-11/h3-7,10,13H,8-9H2,1-2H3. The number of sulfonamides is 1. The summed E-state index contributed by atoms with van der Waals surface area (Å²) in [6, 6.07) is 8.28. The van der Waals surface area contributed by atoms with Gasteiger partial charge in [0.2, 0.25) is 10.0 Å². The molecule has 0 bridgehead atoms. The normalized spacial score (nSPS) is 14.0. The summed E-state index contributed by atoms with van der Waals surface area (Å²) in [6.07, 6.45) is -0.0591. The molecule has 0 aliphatic heterocycles. The number of aliphatic hydroxyl groups excluding tert-OH is 1. The second-order valence-electron chi connectivity index (χ2n) is 3.78. The van der Waals surface area contributed by atoms with E-state index in [-0.39, 0.29) is 4.90 Å². The van der Waals surface area contributed by atoms with Crippen LogP contribution in [0.1, 0.15) is 13.3 Å². The van der Waals surface area contributed by atoms with Gasteiger partial charge in [0, 0.05) is 13.6 Å². The van der Waals surface area contributed by atoms with E-state index in [4.69, 9.17) is 5.11 Å². The molecule has 0 fully saturated rings. The molecule has 1 aromatic carbocycles. The monoisotopic (exact) mass is 243 g/mol. The maximum Gasteiger partial charge on any atom is 0.242 e. The van der Waals surface area contributed by atoms with Crippen molar-refractivity contribution in [2.24, 2.45) is 0 Å². The fourth-order valence-electron chi connectivity index (χ4n) is 1.26. The molecule has 0 saturated carbocycles. The molecule has 0 saturated heterocycles. The van der Waals surface area contributed by atoms with Gasteiger partial charge in [0.15, 0.2) is 0 Å². The van der Waals surface area contributed by atoms with E-state index in [2.05, 4.69) is 0 Å². The minimum Gasteiger partial charge on any atom is -0.393 e. The number of nitrogens with zero attached hydrogens (tertiary/aromatic N) is 1. The van der Waals surface area contributed by atoms with Crippen LogP contribution in [0.3, 0.4) is 0 Å². The molecule has 1 rings (SSSR count).